The summed E-state index contributed by atoms with van der Waals surface area (Å²) in [7, 11) is 0. The summed E-state index contributed by atoms with van der Waals surface area (Å²) in [5.74, 6) is 1.73. The van der Waals surface area contributed by atoms with Crippen molar-refractivity contribution in [2.75, 3.05) is 0 Å². The molecular formula is C8H8N4. The summed E-state index contributed by atoms with van der Waals surface area (Å²) in [6.07, 6.45) is 5.81. The highest BCUT2D eigenvalue weighted by Gasteiger charge is 2.26. The van der Waals surface area contributed by atoms with Gasteiger partial charge in [0.15, 0.2) is 5.65 Å². The molecule has 0 radical (unpaired) electrons. The first-order valence-corrected chi connectivity index (χ1v) is 4.09. The van der Waals surface area contributed by atoms with E-state index in [9.17, 15) is 0 Å². The van der Waals surface area contributed by atoms with Gasteiger partial charge in [0, 0.05) is 5.92 Å². The molecule has 4 heteroatoms. The lowest BCUT2D eigenvalue weighted by Gasteiger charge is -1.83. The smallest absolute Gasteiger partial charge is 0.180 e. The number of hydrogen-bond acceptors (Lipinski definition) is 3. The fraction of sp³-hybridized carbons (Fsp3) is 0.375. The maximum absolute atomic E-state index is 4.37. The van der Waals surface area contributed by atoms with Crippen molar-refractivity contribution in [3.05, 3.63) is 18.3 Å². The summed E-state index contributed by atoms with van der Waals surface area (Å²) in [5, 5.41) is 0. The lowest BCUT2D eigenvalue weighted by molar-refractivity contribution is 0.983. The summed E-state index contributed by atoms with van der Waals surface area (Å²) >= 11 is 0. The third kappa shape index (κ3) is 0.809. The van der Waals surface area contributed by atoms with Gasteiger partial charge in [-0.25, -0.2) is 15.0 Å². The zero-order valence-corrected chi connectivity index (χ0v) is 6.49. The Morgan fingerprint density at radius 2 is 2.33 bits per heavy atom. The average molecular weight is 160 g/mol. The number of hydrogen-bond donors (Lipinski definition) is 1. The zero-order chi connectivity index (χ0) is 7.97. The molecule has 0 atom stereocenters. The summed E-state index contributed by atoms with van der Waals surface area (Å²) < 4.78 is 0. The number of H-pyrrole nitrogens is 1. The highest BCUT2D eigenvalue weighted by atomic mass is 15.0. The highest BCUT2D eigenvalue weighted by Crippen LogP contribution is 2.38. The van der Waals surface area contributed by atoms with Gasteiger partial charge in [0.2, 0.25) is 0 Å². The summed E-state index contributed by atoms with van der Waals surface area (Å²) in [6.45, 7) is 0. The second-order valence-corrected chi connectivity index (χ2v) is 3.16. The Kier molecular flexibility index (Phi) is 1.03. The number of aromatic amines is 1. The molecule has 2 heterocycles. The normalized spacial score (nSPS) is 17.0. The molecule has 0 aromatic carbocycles. The van der Waals surface area contributed by atoms with Crippen molar-refractivity contribution in [1.82, 2.24) is 19.9 Å². The number of aromatic nitrogens is 4. The molecule has 1 aliphatic rings. The van der Waals surface area contributed by atoms with Gasteiger partial charge in [0.05, 0.1) is 6.20 Å². The molecular weight excluding hydrogens is 152 g/mol. The molecule has 0 unspecified atom stereocenters. The van der Waals surface area contributed by atoms with E-state index in [-0.39, 0.29) is 0 Å². The van der Waals surface area contributed by atoms with E-state index in [4.69, 9.17) is 0 Å². The molecule has 0 saturated heterocycles. The van der Waals surface area contributed by atoms with Crippen LogP contribution in [0.3, 0.4) is 0 Å². The van der Waals surface area contributed by atoms with Crippen molar-refractivity contribution in [1.29, 1.82) is 0 Å². The van der Waals surface area contributed by atoms with Crippen LogP contribution >= 0.6 is 0 Å². The van der Waals surface area contributed by atoms with E-state index < -0.39 is 0 Å². The Balaban J connectivity index is 2.23. The second kappa shape index (κ2) is 2.03. The van der Waals surface area contributed by atoms with Crippen LogP contribution in [-0.2, 0) is 0 Å². The van der Waals surface area contributed by atoms with Crippen LogP contribution < -0.4 is 0 Å². The molecule has 1 fully saturated rings. The second-order valence-electron chi connectivity index (χ2n) is 3.16. The maximum Gasteiger partial charge on any atom is 0.180 e. The molecule has 0 bridgehead atoms. The Labute approximate surface area is 69.1 Å². The lowest BCUT2D eigenvalue weighted by Crippen LogP contribution is -1.79. The predicted octanol–water partition coefficient (Wildman–Crippen LogP) is 1.23. The van der Waals surface area contributed by atoms with Gasteiger partial charge in [-0.1, -0.05) is 0 Å². The highest BCUT2D eigenvalue weighted by molar-refractivity contribution is 5.68. The van der Waals surface area contributed by atoms with Crippen molar-refractivity contribution in [2.24, 2.45) is 0 Å². The minimum Gasteiger partial charge on any atom is -0.339 e. The first kappa shape index (κ1) is 6.11. The zero-order valence-electron chi connectivity index (χ0n) is 6.49. The van der Waals surface area contributed by atoms with Gasteiger partial charge in [-0.15, -0.1) is 0 Å². The minimum atomic E-state index is 0.652. The van der Waals surface area contributed by atoms with Crippen molar-refractivity contribution < 1.29 is 0 Å². The van der Waals surface area contributed by atoms with Gasteiger partial charge in [-0.05, 0) is 12.8 Å². The van der Waals surface area contributed by atoms with Crippen LogP contribution in [0.2, 0.25) is 0 Å². The Morgan fingerprint density at radius 1 is 1.42 bits per heavy atom. The van der Waals surface area contributed by atoms with E-state index in [2.05, 4.69) is 19.9 Å². The van der Waals surface area contributed by atoms with Gasteiger partial charge >= 0.3 is 0 Å². The Hall–Kier alpha value is -1.45. The predicted molar refractivity (Wildman–Crippen MR) is 43.7 cm³/mol. The SMILES string of the molecule is c1ncc2[nH]c(C3CC3)nc2n1. The van der Waals surface area contributed by atoms with Gasteiger partial charge in [-0.2, -0.15) is 0 Å². The third-order valence-corrected chi connectivity index (χ3v) is 2.14. The van der Waals surface area contributed by atoms with E-state index in [0.29, 0.717) is 5.92 Å². The Morgan fingerprint density at radius 3 is 3.08 bits per heavy atom. The van der Waals surface area contributed by atoms with E-state index in [1.165, 1.54) is 19.2 Å². The quantitative estimate of drug-likeness (QED) is 0.682. The van der Waals surface area contributed by atoms with Crippen molar-refractivity contribution in [3.8, 4) is 0 Å². The van der Waals surface area contributed by atoms with Crippen LogP contribution in [0.5, 0.6) is 0 Å². The molecule has 1 aliphatic carbocycles. The van der Waals surface area contributed by atoms with Crippen LogP contribution in [-0.4, -0.2) is 19.9 Å². The number of rotatable bonds is 1. The van der Waals surface area contributed by atoms with Crippen molar-refractivity contribution in [3.63, 3.8) is 0 Å². The molecule has 2 aromatic rings. The topological polar surface area (TPSA) is 54.5 Å². The lowest BCUT2D eigenvalue weighted by atomic mass is 10.4. The molecule has 4 nitrogen and oxygen atoms in total. The summed E-state index contributed by atoms with van der Waals surface area (Å²) in [5.41, 5.74) is 1.73. The van der Waals surface area contributed by atoms with Crippen molar-refractivity contribution >= 4 is 11.2 Å². The third-order valence-electron chi connectivity index (χ3n) is 2.14. The fourth-order valence-electron chi connectivity index (χ4n) is 1.33. The van der Waals surface area contributed by atoms with Gasteiger partial charge in [-0.3, -0.25) is 0 Å². The van der Waals surface area contributed by atoms with Crippen LogP contribution in [0, 0.1) is 0 Å². The van der Waals surface area contributed by atoms with E-state index >= 15 is 0 Å². The maximum atomic E-state index is 4.37. The molecule has 3 rings (SSSR count). The summed E-state index contributed by atoms with van der Waals surface area (Å²) in [6, 6.07) is 0. The number of imidazole rings is 1. The molecule has 2 aromatic heterocycles. The van der Waals surface area contributed by atoms with Crippen LogP contribution in [0.15, 0.2) is 12.5 Å². The number of nitrogens with one attached hydrogen (secondary N) is 1. The Bertz CT molecular complexity index is 383. The average Bonchev–Trinajstić information content (AvgIpc) is 2.85. The van der Waals surface area contributed by atoms with E-state index in [1.54, 1.807) is 6.20 Å². The molecule has 1 saturated carbocycles. The molecule has 1 N–H and O–H groups in total. The molecule has 12 heavy (non-hydrogen) atoms. The first-order chi connectivity index (χ1) is 5.93. The molecule has 0 aliphatic heterocycles. The van der Waals surface area contributed by atoms with Crippen LogP contribution in [0.1, 0.15) is 24.6 Å². The monoisotopic (exact) mass is 160 g/mol. The molecule has 0 amide bonds. The van der Waals surface area contributed by atoms with Crippen molar-refractivity contribution in [2.45, 2.75) is 18.8 Å². The number of nitrogens with zero attached hydrogens (tertiary/aromatic N) is 3. The van der Waals surface area contributed by atoms with E-state index in [0.717, 1.165) is 17.0 Å². The summed E-state index contributed by atoms with van der Waals surface area (Å²) in [4.78, 5) is 15.6. The van der Waals surface area contributed by atoms with Crippen LogP contribution in [0.25, 0.3) is 11.2 Å². The first-order valence-electron chi connectivity index (χ1n) is 4.09. The molecule has 60 valence electrons. The standard InChI is InChI=1S/C8H8N4/c1-2-5(1)7-11-6-3-9-4-10-8(6)12-7/h3-5H,1-2H2,(H,9,10,11,12). The van der Waals surface area contributed by atoms with E-state index in [1.807, 2.05) is 0 Å². The molecule has 0 spiro atoms. The van der Waals surface area contributed by atoms with Gasteiger partial charge in [0.1, 0.15) is 17.7 Å². The van der Waals surface area contributed by atoms with Gasteiger partial charge < -0.3 is 4.98 Å². The van der Waals surface area contributed by atoms with Gasteiger partial charge in [0.25, 0.3) is 0 Å². The largest absolute Gasteiger partial charge is 0.339 e. The number of fused-ring (bicyclic) bond motifs is 1. The van der Waals surface area contributed by atoms with Crippen LogP contribution in [0.4, 0.5) is 0 Å². The fourth-order valence-corrected chi connectivity index (χ4v) is 1.33. The minimum absolute atomic E-state index is 0.652.